The number of para-hydroxylation sites is 4. The number of hydrogen-bond acceptors (Lipinski definition) is 4. The van der Waals surface area contributed by atoms with Crippen LogP contribution in [0.3, 0.4) is 0 Å². The van der Waals surface area contributed by atoms with Gasteiger partial charge in [0.25, 0.3) is 0 Å². The van der Waals surface area contributed by atoms with Crippen LogP contribution in [0.15, 0.2) is 192 Å². The van der Waals surface area contributed by atoms with Crippen LogP contribution >= 0.6 is 0 Å². The van der Waals surface area contributed by atoms with Gasteiger partial charge in [-0.15, -0.1) is 0 Å². The van der Waals surface area contributed by atoms with Crippen LogP contribution in [-0.2, 0) is 0 Å². The minimum absolute atomic E-state index is 0.00736. The van der Waals surface area contributed by atoms with Crippen LogP contribution in [0.4, 0.5) is 0 Å². The van der Waals surface area contributed by atoms with Crippen molar-refractivity contribution < 1.29 is 14.0 Å². The van der Waals surface area contributed by atoms with Crippen LogP contribution in [0.1, 0.15) is 9.60 Å². The average Bonchev–Trinajstić information content (AvgIpc) is 4.00. The van der Waals surface area contributed by atoms with Gasteiger partial charge >= 0.3 is 0 Å². The monoisotopic (exact) mass is 736 g/mol. The molecule has 0 radical (unpaired) electrons. The fraction of sp³-hybridized carbons (Fsp3) is 0. The summed E-state index contributed by atoms with van der Waals surface area (Å²) in [6.45, 7) is 0. The number of nitrogens with zero attached hydrogens (tertiary/aromatic N) is 5. The predicted molar refractivity (Wildman–Crippen MR) is 232 cm³/mol. The Balaban J connectivity index is 1.24. The van der Waals surface area contributed by atoms with Gasteiger partial charge in [0.05, 0.1) is 48.3 Å². The smallest absolute Gasteiger partial charge is 0.167 e. The molecule has 6 nitrogen and oxygen atoms in total. The third-order valence-corrected chi connectivity index (χ3v) is 10.6. The molecular weight excluding hydrogens is 699 g/mol. The molecule has 6 heteroatoms. The van der Waals surface area contributed by atoms with Crippen molar-refractivity contribution in [1.82, 2.24) is 24.1 Å². The summed E-state index contributed by atoms with van der Waals surface area (Å²) in [4.78, 5) is 14.9. The van der Waals surface area contributed by atoms with Gasteiger partial charge < -0.3 is 13.6 Å². The van der Waals surface area contributed by atoms with E-state index in [9.17, 15) is 6.85 Å². The Morgan fingerprint density at radius 3 is 1.79 bits per heavy atom. The molecule has 0 aliphatic carbocycles. The molecule has 12 aromatic rings. The van der Waals surface area contributed by atoms with Crippen molar-refractivity contribution in [3.8, 4) is 45.5 Å². The van der Waals surface area contributed by atoms with Gasteiger partial charge in [-0.25, -0.2) is 15.0 Å². The first-order valence-corrected chi connectivity index (χ1v) is 18.5. The molecule has 57 heavy (non-hydrogen) atoms. The lowest BCUT2D eigenvalue weighted by Gasteiger charge is -2.13. The molecule has 0 spiro atoms. The van der Waals surface area contributed by atoms with E-state index in [1.807, 2.05) is 137 Å². The summed E-state index contributed by atoms with van der Waals surface area (Å²) in [5.74, 6) is 1.42. The van der Waals surface area contributed by atoms with Gasteiger partial charge in [-0.1, -0.05) is 145 Å². The first-order chi connectivity index (χ1) is 31.2. The molecule has 0 saturated heterocycles. The zero-order valence-corrected chi connectivity index (χ0v) is 30.0. The predicted octanol–water partition coefficient (Wildman–Crippen LogP) is 13.0. The van der Waals surface area contributed by atoms with Gasteiger partial charge in [0.1, 0.15) is 11.2 Å². The Kier molecular flexibility index (Phi) is 5.48. The SMILES string of the molecule is [2H]c1cc([2H])c2c(c1)c1c([2H])c([2H])c3c4c([2H])c([2H])cc([2H])c4n(-c4ccccc4)c3c1n2-c1cccc2oc3c(-c4nc(-c5ccccc5)nc(-c5ccccc5)n4)cccc3c12. The van der Waals surface area contributed by atoms with Gasteiger partial charge in [-0.2, -0.15) is 0 Å². The van der Waals surface area contributed by atoms with Crippen LogP contribution < -0.4 is 0 Å². The quantitative estimate of drug-likeness (QED) is 0.176. The maximum absolute atomic E-state index is 9.66. The van der Waals surface area contributed by atoms with Gasteiger partial charge in [0.15, 0.2) is 17.5 Å². The molecule has 0 fully saturated rings. The van der Waals surface area contributed by atoms with E-state index in [0.717, 1.165) is 16.5 Å². The molecule has 0 atom stereocenters. The van der Waals surface area contributed by atoms with Gasteiger partial charge in [-0.3, -0.25) is 0 Å². The minimum atomic E-state index is -0.180. The number of aromatic nitrogens is 5. The topological polar surface area (TPSA) is 61.7 Å². The fourth-order valence-corrected chi connectivity index (χ4v) is 8.17. The highest BCUT2D eigenvalue weighted by Crippen LogP contribution is 2.45. The Morgan fingerprint density at radius 1 is 0.439 bits per heavy atom. The molecular formula is C51H31N5O. The maximum atomic E-state index is 9.66. The van der Waals surface area contributed by atoms with E-state index in [4.69, 9.17) is 22.1 Å². The molecule has 0 N–H and O–H groups in total. The molecule has 0 amide bonds. The van der Waals surface area contributed by atoms with E-state index < -0.39 is 0 Å². The number of rotatable bonds is 5. The molecule has 4 aromatic heterocycles. The Labute approximate surface area is 336 Å². The Bertz CT molecular complexity index is 3870. The van der Waals surface area contributed by atoms with Gasteiger partial charge in [0.2, 0.25) is 0 Å². The number of furan rings is 1. The van der Waals surface area contributed by atoms with E-state index >= 15 is 0 Å². The normalized spacial score (nSPS) is 13.6. The molecule has 12 rings (SSSR count). The molecule has 266 valence electrons. The standard InChI is InChI=1S/C51H31N5O/c1-4-16-32(17-5-1)49-52-50(33-18-6-2-7-19-33)54-51(53-49)40-25-14-24-39-45-43(28-15-29-44(45)57-48(39)40)56-42-27-13-11-23-36(42)38-31-30-37-35-22-10-12-26-41(35)55(46(37)47(38)56)34-20-8-3-9-21-34/h1-31H/i10D,11D,22D,26D,27D,30D,31D. The highest BCUT2D eigenvalue weighted by atomic mass is 16.3. The Hall–Kier alpha value is -7.83. The molecule has 0 saturated carbocycles. The minimum Gasteiger partial charge on any atom is -0.455 e. The van der Waals surface area contributed by atoms with E-state index in [-0.39, 0.29) is 53.1 Å². The van der Waals surface area contributed by atoms with Crippen molar-refractivity contribution in [2.24, 2.45) is 0 Å². The molecule has 0 bridgehead atoms. The lowest BCUT2D eigenvalue weighted by Crippen LogP contribution is -2.00. The summed E-state index contributed by atoms with van der Waals surface area (Å²) in [6, 6.07) is 44.2. The van der Waals surface area contributed by atoms with Crippen LogP contribution in [0.25, 0.3) is 111 Å². The molecule has 0 aliphatic rings. The third-order valence-electron chi connectivity index (χ3n) is 10.6. The zero-order chi connectivity index (χ0) is 43.5. The van der Waals surface area contributed by atoms with Crippen molar-refractivity contribution in [3.63, 3.8) is 0 Å². The summed E-state index contributed by atoms with van der Waals surface area (Å²) in [7, 11) is 0. The van der Waals surface area contributed by atoms with Crippen LogP contribution in [0.2, 0.25) is 0 Å². The average molecular weight is 737 g/mol. The van der Waals surface area contributed by atoms with Gasteiger partial charge in [0, 0.05) is 43.7 Å². The van der Waals surface area contributed by atoms with Crippen LogP contribution in [0.5, 0.6) is 0 Å². The molecule has 0 aliphatic heterocycles. The van der Waals surface area contributed by atoms with E-state index in [1.165, 1.54) is 12.1 Å². The second-order valence-electron chi connectivity index (χ2n) is 13.8. The number of fused-ring (bicyclic) bond motifs is 10. The lowest BCUT2D eigenvalue weighted by atomic mass is 10.1. The number of benzene rings is 8. The number of hydrogen-bond donors (Lipinski definition) is 0. The first-order valence-electron chi connectivity index (χ1n) is 22.0. The van der Waals surface area contributed by atoms with Crippen molar-refractivity contribution in [2.75, 3.05) is 0 Å². The first kappa shape index (κ1) is 25.3. The van der Waals surface area contributed by atoms with Crippen molar-refractivity contribution >= 4 is 65.6 Å². The van der Waals surface area contributed by atoms with Crippen LogP contribution in [-0.4, -0.2) is 24.1 Å². The molecule has 4 heterocycles. The Morgan fingerprint density at radius 2 is 1.05 bits per heavy atom. The van der Waals surface area contributed by atoms with Crippen LogP contribution in [0, 0.1) is 0 Å². The van der Waals surface area contributed by atoms with Crippen molar-refractivity contribution in [1.29, 1.82) is 0 Å². The summed E-state index contributed by atoms with van der Waals surface area (Å²) in [5.41, 5.74) is 6.21. The highest BCUT2D eigenvalue weighted by molar-refractivity contribution is 6.25. The van der Waals surface area contributed by atoms with Crippen molar-refractivity contribution in [3.05, 3.63) is 188 Å². The molecule has 8 aromatic carbocycles. The van der Waals surface area contributed by atoms with E-state index in [2.05, 4.69) is 0 Å². The highest BCUT2D eigenvalue weighted by Gasteiger charge is 2.24. The van der Waals surface area contributed by atoms with E-state index in [1.54, 1.807) is 6.07 Å². The van der Waals surface area contributed by atoms with Gasteiger partial charge in [-0.05, 0) is 42.4 Å². The second kappa shape index (κ2) is 12.3. The maximum Gasteiger partial charge on any atom is 0.167 e. The van der Waals surface area contributed by atoms with Crippen molar-refractivity contribution in [2.45, 2.75) is 0 Å². The van der Waals surface area contributed by atoms with E-state index in [0.29, 0.717) is 83.8 Å². The molecule has 0 unspecified atom stereocenters. The zero-order valence-electron chi connectivity index (χ0n) is 37.0. The summed E-state index contributed by atoms with van der Waals surface area (Å²) in [6.07, 6.45) is 0. The second-order valence-corrected chi connectivity index (χ2v) is 13.8. The largest absolute Gasteiger partial charge is 0.455 e. The third kappa shape index (κ3) is 4.74. The summed E-state index contributed by atoms with van der Waals surface area (Å²) < 4.78 is 75.1. The summed E-state index contributed by atoms with van der Waals surface area (Å²) >= 11 is 0. The summed E-state index contributed by atoms with van der Waals surface area (Å²) in [5, 5.41) is 2.68. The lowest BCUT2D eigenvalue weighted by molar-refractivity contribution is 0.669. The fourth-order valence-electron chi connectivity index (χ4n) is 8.17.